The molecule has 5 heterocycles. The van der Waals surface area contributed by atoms with E-state index >= 15 is 0 Å². The summed E-state index contributed by atoms with van der Waals surface area (Å²) in [5.41, 5.74) is -0.886. The molecule has 2 amide bonds. The third-order valence-corrected chi connectivity index (χ3v) is 8.29. The summed E-state index contributed by atoms with van der Waals surface area (Å²) in [7, 11) is 0. The van der Waals surface area contributed by atoms with E-state index in [4.69, 9.17) is 21.5 Å². The van der Waals surface area contributed by atoms with Crippen LogP contribution < -0.4 is 16.0 Å². The Morgan fingerprint density at radius 2 is 1.90 bits per heavy atom. The summed E-state index contributed by atoms with van der Waals surface area (Å²) in [6.07, 6.45) is -2.07. The van der Waals surface area contributed by atoms with Gasteiger partial charge in [0.1, 0.15) is 6.54 Å². The van der Waals surface area contributed by atoms with Crippen LogP contribution in [0.1, 0.15) is 22.5 Å². The van der Waals surface area contributed by atoms with Crippen LogP contribution in [0.4, 0.5) is 33.5 Å². The van der Waals surface area contributed by atoms with Gasteiger partial charge < -0.3 is 26.0 Å². The van der Waals surface area contributed by atoms with Crippen molar-refractivity contribution in [3.05, 3.63) is 59.3 Å². The largest absolute Gasteiger partial charge is 0.483 e. The van der Waals surface area contributed by atoms with E-state index < -0.39 is 30.4 Å². The van der Waals surface area contributed by atoms with E-state index in [1.54, 1.807) is 17.0 Å². The fraction of sp³-hybridized carbons (Fsp3) is 0.400. The number of nitrogens with one attached hydrogen (secondary N) is 3. The molecule has 2 fully saturated rings. The number of hydrogen-bond donors (Lipinski definition) is 4. The minimum atomic E-state index is -4.90. The lowest BCUT2D eigenvalue weighted by molar-refractivity contribution is -0.141. The first kappa shape index (κ1) is 36.4. The lowest BCUT2D eigenvalue weighted by atomic mass is 10.1. The van der Waals surface area contributed by atoms with Gasteiger partial charge in [-0.05, 0) is 31.2 Å². The van der Waals surface area contributed by atoms with Gasteiger partial charge in [-0.1, -0.05) is 11.6 Å². The number of imidazole rings is 1. The summed E-state index contributed by atoms with van der Waals surface area (Å²) in [5.74, 6) is -0.117. The van der Waals surface area contributed by atoms with Crippen LogP contribution in [0, 0.1) is 0 Å². The second-order valence-electron chi connectivity index (χ2n) is 11.4. The van der Waals surface area contributed by atoms with Gasteiger partial charge in [-0.2, -0.15) is 18.3 Å². The Kier molecular flexibility index (Phi) is 11.5. The number of aromatic nitrogens is 5. The van der Waals surface area contributed by atoms with E-state index in [-0.39, 0.29) is 58.6 Å². The van der Waals surface area contributed by atoms with Crippen LogP contribution in [0.3, 0.4) is 0 Å². The lowest BCUT2D eigenvalue weighted by Crippen LogP contribution is -2.52. The lowest BCUT2D eigenvalue weighted by Gasteiger charge is -2.34. The molecule has 1 aromatic carbocycles. The molecule has 4 N–H and O–H groups in total. The Morgan fingerprint density at radius 1 is 1.16 bits per heavy atom. The van der Waals surface area contributed by atoms with Crippen LogP contribution in [-0.2, 0) is 22.3 Å². The molecule has 4 aromatic rings. The molecule has 20 heteroatoms. The number of carbonyl (C=O) groups excluding carboxylic acids is 2. The number of nitrogens with zero attached hydrogens (tertiary/aromatic N) is 7. The summed E-state index contributed by atoms with van der Waals surface area (Å²) in [6.45, 7) is 2.62. The van der Waals surface area contributed by atoms with Gasteiger partial charge in [0.25, 0.3) is 18.8 Å². The highest BCUT2D eigenvalue weighted by Crippen LogP contribution is 2.37. The molecule has 1 atom stereocenters. The normalized spacial score (nSPS) is 16.7. The number of halogens is 6. The second-order valence-corrected chi connectivity index (χ2v) is 11.8. The highest BCUT2D eigenvalue weighted by atomic mass is 35.5. The highest BCUT2D eigenvalue weighted by Gasteiger charge is 2.38. The molecule has 3 aromatic heterocycles. The third-order valence-electron chi connectivity index (χ3n) is 7.97. The summed E-state index contributed by atoms with van der Waals surface area (Å²) in [4.78, 5) is 46.2. The monoisotopic (exact) mass is 726 g/mol. The maximum absolute atomic E-state index is 13.8. The Labute approximate surface area is 286 Å². The fourth-order valence-corrected chi connectivity index (χ4v) is 5.96. The van der Waals surface area contributed by atoms with Crippen molar-refractivity contribution in [1.29, 1.82) is 0 Å². The molecule has 0 aliphatic carbocycles. The first-order valence-corrected chi connectivity index (χ1v) is 15.7. The van der Waals surface area contributed by atoms with Crippen molar-refractivity contribution in [1.82, 2.24) is 44.6 Å². The molecular weight excluding hydrogens is 695 g/mol. The minimum Gasteiger partial charge on any atom is -0.483 e. The van der Waals surface area contributed by atoms with Gasteiger partial charge in [0.05, 0.1) is 34.6 Å². The summed E-state index contributed by atoms with van der Waals surface area (Å²) < 4.78 is 68.9. The average molecular weight is 727 g/mol. The molecule has 50 heavy (non-hydrogen) atoms. The van der Waals surface area contributed by atoms with Crippen molar-refractivity contribution in [3.8, 4) is 11.3 Å². The van der Waals surface area contributed by atoms with Crippen LogP contribution in [0.15, 0.2) is 43.0 Å². The van der Waals surface area contributed by atoms with Crippen molar-refractivity contribution in [3.63, 3.8) is 0 Å². The van der Waals surface area contributed by atoms with E-state index in [1.165, 1.54) is 29.1 Å². The Bertz CT molecular complexity index is 1820. The van der Waals surface area contributed by atoms with Gasteiger partial charge in [-0.3, -0.25) is 28.4 Å². The highest BCUT2D eigenvalue weighted by molar-refractivity contribution is 6.34. The zero-order chi connectivity index (χ0) is 36.0. The second kappa shape index (κ2) is 15.8. The zero-order valence-electron chi connectivity index (χ0n) is 26.2. The smallest absolute Gasteiger partial charge is 0.435 e. The summed E-state index contributed by atoms with van der Waals surface area (Å²) in [5, 5.41) is 19.7. The maximum Gasteiger partial charge on any atom is 0.435 e. The Morgan fingerprint density at radius 3 is 2.54 bits per heavy atom. The van der Waals surface area contributed by atoms with Gasteiger partial charge in [0, 0.05) is 63.0 Å². The molecule has 268 valence electrons. The molecule has 14 nitrogen and oxygen atoms in total. The van der Waals surface area contributed by atoms with Gasteiger partial charge in [-0.25, -0.2) is 18.7 Å². The van der Waals surface area contributed by atoms with Crippen molar-refractivity contribution in [2.24, 2.45) is 0 Å². The van der Waals surface area contributed by atoms with E-state index in [0.717, 1.165) is 25.7 Å². The van der Waals surface area contributed by atoms with Gasteiger partial charge in [0.15, 0.2) is 17.2 Å². The zero-order valence-corrected chi connectivity index (χ0v) is 27.0. The number of hydrogen-bond acceptors (Lipinski definition) is 9. The number of fused-ring (bicyclic) bond motifs is 1. The quantitative estimate of drug-likeness (QED) is 0.149. The molecule has 2 aliphatic heterocycles. The van der Waals surface area contributed by atoms with Crippen LogP contribution in [-0.4, -0.2) is 116 Å². The summed E-state index contributed by atoms with van der Waals surface area (Å²) in [6, 6.07) is 4.85. The van der Waals surface area contributed by atoms with Crippen LogP contribution in [0.2, 0.25) is 5.02 Å². The van der Waals surface area contributed by atoms with Crippen LogP contribution in [0.5, 0.6) is 0 Å². The number of piperazine rings is 1. The first-order valence-electron chi connectivity index (χ1n) is 15.3. The number of anilines is 2. The standard InChI is InChI=1S/C29H30ClF5N10O2.CH2O2/c30-21-11-17(1-2-19(21)28(47)43-9-7-42(8-10-43)16-24(46)39-18-3-4-36-12-18)40-26-27-38-13-22(45(27)6-5-37-26)20-14-44(15-23(31)32)41-25(20)29(33,34)35;2-1-3/h1-2,5-6,11,13-14,18,23,36H,3-4,7-10,12,15-16H2,(H,37,40)(H,39,46);1H,(H,2,3)/t18-;/m1./s1. The number of benzene rings is 1. The van der Waals surface area contributed by atoms with Crippen molar-refractivity contribution < 1.29 is 41.4 Å². The van der Waals surface area contributed by atoms with Crippen molar-refractivity contribution >= 4 is 47.0 Å². The van der Waals surface area contributed by atoms with E-state index in [1.807, 2.05) is 4.90 Å². The van der Waals surface area contributed by atoms with Gasteiger partial charge in [-0.15, -0.1) is 0 Å². The minimum absolute atomic E-state index is 0.0240. The van der Waals surface area contributed by atoms with E-state index in [2.05, 4.69) is 31.0 Å². The molecule has 0 unspecified atom stereocenters. The summed E-state index contributed by atoms with van der Waals surface area (Å²) >= 11 is 6.52. The van der Waals surface area contributed by atoms with Crippen molar-refractivity contribution in [2.75, 3.05) is 51.1 Å². The molecule has 2 saturated heterocycles. The average Bonchev–Trinajstić information content (AvgIpc) is 3.82. The van der Waals surface area contributed by atoms with Crippen LogP contribution in [0.25, 0.3) is 16.9 Å². The van der Waals surface area contributed by atoms with Gasteiger partial charge in [0.2, 0.25) is 5.91 Å². The predicted molar refractivity (Wildman–Crippen MR) is 170 cm³/mol. The van der Waals surface area contributed by atoms with E-state index in [9.17, 15) is 31.5 Å². The predicted octanol–water partition coefficient (Wildman–Crippen LogP) is 3.21. The number of carbonyl (C=O) groups is 3. The fourth-order valence-electron chi connectivity index (χ4n) is 5.70. The van der Waals surface area contributed by atoms with Crippen molar-refractivity contribution in [2.45, 2.75) is 31.6 Å². The Balaban J connectivity index is 0.00000156. The molecule has 0 radical (unpaired) electrons. The third kappa shape index (κ3) is 8.64. The Hall–Kier alpha value is -4.88. The van der Waals surface area contributed by atoms with Gasteiger partial charge >= 0.3 is 6.18 Å². The molecule has 2 aliphatic rings. The molecule has 0 spiro atoms. The number of alkyl halides is 5. The number of carboxylic acid groups (broad SMARTS) is 1. The molecule has 0 bridgehead atoms. The van der Waals surface area contributed by atoms with E-state index in [0.29, 0.717) is 36.5 Å². The molecule has 6 rings (SSSR count). The number of amides is 2. The molecular formula is C30H32ClF5N10O4. The topological polar surface area (TPSA) is 162 Å². The SMILES string of the molecule is O=C(CN1CCN(C(=O)c2ccc(Nc3nccn4c(-c5cn(CC(F)F)nc5C(F)(F)F)cnc34)cc2Cl)CC1)N[C@@H]1CCNC1.O=CO. The molecule has 0 saturated carbocycles. The maximum atomic E-state index is 13.8. The first-order chi connectivity index (χ1) is 23.9. The van der Waals surface area contributed by atoms with Crippen LogP contribution >= 0.6 is 11.6 Å². The number of rotatable bonds is 9.